The Morgan fingerprint density at radius 3 is 2.19 bits per heavy atom. The molecule has 1 fully saturated rings. The molecule has 0 radical (unpaired) electrons. The van der Waals surface area contributed by atoms with Crippen LogP contribution in [0.1, 0.15) is 46.9 Å². The third-order valence-corrected chi connectivity index (χ3v) is 6.98. The second kappa shape index (κ2) is 16.9. The van der Waals surface area contributed by atoms with E-state index in [2.05, 4.69) is 47.1 Å². The molecule has 0 saturated carbocycles. The van der Waals surface area contributed by atoms with E-state index in [0.717, 1.165) is 60.6 Å². The van der Waals surface area contributed by atoms with E-state index in [1.807, 2.05) is 39.6 Å². The van der Waals surface area contributed by atoms with Crippen LogP contribution >= 0.6 is 0 Å². The quantitative estimate of drug-likeness (QED) is 0.359. The second-order valence-corrected chi connectivity index (χ2v) is 9.90. The summed E-state index contributed by atoms with van der Waals surface area (Å²) in [6.45, 7) is 14.3. The first-order valence-corrected chi connectivity index (χ1v) is 13.1. The fourth-order valence-electron chi connectivity index (χ4n) is 4.30. The summed E-state index contributed by atoms with van der Waals surface area (Å²) < 4.78 is 35.6. The molecule has 1 aliphatic heterocycles. The molecule has 42 heavy (non-hydrogen) atoms. The zero-order chi connectivity index (χ0) is 32.0. The van der Waals surface area contributed by atoms with Gasteiger partial charge in [0, 0.05) is 30.5 Å². The molecular weight excluding hydrogens is 545 g/mol. The largest absolute Gasteiger partial charge is 0.417 e. The Hall–Kier alpha value is -4.20. The molecule has 2 N–H and O–H groups in total. The summed E-state index contributed by atoms with van der Waals surface area (Å²) in [6, 6.07) is 16.8. The van der Waals surface area contributed by atoms with Crippen LogP contribution < -0.4 is 0 Å². The second-order valence-electron chi connectivity index (χ2n) is 9.90. The molecule has 2 heterocycles. The Kier molecular flexibility index (Phi) is 14.4. The molecule has 7 nitrogen and oxygen atoms in total. The number of β-amino-alcohol motifs (C(OH)–C–C–N with tert-alkyl or cyclic N) is 1. The van der Waals surface area contributed by atoms with Crippen molar-refractivity contribution in [3.8, 4) is 17.2 Å². The van der Waals surface area contributed by atoms with E-state index in [4.69, 9.17) is 20.3 Å². The summed E-state index contributed by atoms with van der Waals surface area (Å²) in [5, 5.41) is 27.1. The lowest BCUT2D eigenvalue weighted by molar-refractivity contribution is -0.137. The lowest BCUT2D eigenvalue weighted by atomic mass is 9.93. The van der Waals surface area contributed by atoms with Crippen LogP contribution in [0.3, 0.4) is 0 Å². The minimum Gasteiger partial charge on any atom is -0.392 e. The third kappa shape index (κ3) is 10.3. The number of pyridine rings is 1. The van der Waals surface area contributed by atoms with Crippen molar-refractivity contribution in [1.82, 2.24) is 9.88 Å². The number of hydrogen-bond donors (Lipinski definition) is 2. The summed E-state index contributed by atoms with van der Waals surface area (Å²) in [6.07, 6.45) is -2.65. The van der Waals surface area contributed by atoms with Crippen molar-refractivity contribution in [2.75, 3.05) is 13.1 Å². The van der Waals surface area contributed by atoms with E-state index in [9.17, 15) is 18.3 Å². The fourth-order valence-corrected chi connectivity index (χ4v) is 4.30. The minimum atomic E-state index is -4.28. The molecule has 2 aromatic carbocycles. The van der Waals surface area contributed by atoms with Gasteiger partial charge in [0.1, 0.15) is 25.4 Å². The molecule has 0 aliphatic carbocycles. The number of rotatable bonds is 4. The Morgan fingerprint density at radius 2 is 1.69 bits per heavy atom. The smallest absolute Gasteiger partial charge is 0.392 e. The highest BCUT2D eigenvalue weighted by molar-refractivity contribution is 6.11. The molecule has 4 rings (SSSR count). The number of aliphatic hydroxyl groups excluding tert-OH is 1. The number of halogens is 3. The lowest BCUT2D eigenvalue weighted by Gasteiger charge is -2.34. The van der Waals surface area contributed by atoms with Crippen molar-refractivity contribution in [2.45, 2.75) is 52.9 Å². The molecule has 224 valence electrons. The SMILES string of the molecule is C=O.C=O.Cc1cc(-c2ccc(CN3CCC(C)C(O)C3)cc2)cc(C(=N)C#N)c1C.Cc1ccc(C(F)(F)F)cn1. The maximum absolute atomic E-state index is 11.9. The van der Waals surface area contributed by atoms with E-state index < -0.39 is 11.7 Å². The van der Waals surface area contributed by atoms with E-state index >= 15 is 0 Å². The number of hydrogen-bond acceptors (Lipinski definition) is 7. The first-order chi connectivity index (χ1) is 19.9. The summed E-state index contributed by atoms with van der Waals surface area (Å²) in [5.74, 6) is 0.384. The van der Waals surface area contributed by atoms with Gasteiger partial charge >= 0.3 is 6.18 Å². The van der Waals surface area contributed by atoms with Gasteiger partial charge in [0.2, 0.25) is 0 Å². The Balaban J connectivity index is 0.000000491. The van der Waals surface area contributed by atoms with E-state index in [1.54, 1.807) is 6.92 Å². The number of aliphatic hydroxyl groups is 1. The molecule has 3 aromatic rings. The molecule has 2 unspecified atom stereocenters. The number of alkyl halides is 3. The van der Waals surface area contributed by atoms with Crippen molar-refractivity contribution in [3.05, 3.63) is 88.2 Å². The van der Waals surface area contributed by atoms with Gasteiger partial charge in [-0.15, -0.1) is 0 Å². The zero-order valence-corrected chi connectivity index (χ0v) is 24.3. The summed E-state index contributed by atoms with van der Waals surface area (Å²) in [7, 11) is 0. The fraction of sp³-hybridized carbons (Fsp3) is 0.344. The molecule has 0 bridgehead atoms. The highest BCUT2D eigenvalue weighted by atomic mass is 19.4. The highest BCUT2D eigenvalue weighted by Crippen LogP contribution is 2.28. The highest BCUT2D eigenvalue weighted by Gasteiger charge is 2.30. The third-order valence-electron chi connectivity index (χ3n) is 6.98. The number of carbonyl (C=O) groups excluding carboxylic acids is 2. The number of aromatic nitrogens is 1. The van der Waals surface area contributed by atoms with Crippen LogP contribution in [0, 0.1) is 43.4 Å². The van der Waals surface area contributed by atoms with Crippen molar-refractivity contribution >= 4 is 19.3 Å². The van der Waals surface area contributed by atoms with Gasteiger partial charge in [-0.05, 0) is 85.7 Å². The number of nitriles is 1. The predicted molar refractivity (Wildman–Crippen MR) is 157 cm³/mol. The van der Waals surface area contributed by atoms with Gasteiger partial charge in [-0.1, -0.05) is 37.3 Å². The van der Waals surface area contributed by atoms with Crippen molar-refractivity contribution in [2.24, 2.45) is 5.92 Å². The molecule has 1 aromatic heterocycles. The first-order valence-electron chi connectivity index (χ1n) is 13.1. The molecule has 10 heteroatoms. The van der Waals surface area contributed by atoms with Crippen molar-refractivity contribution in [1.29, 1.82) is 10.7 Å². The standard InChI is InChI=1S/C23H27N3O.C7H6F3N.2CH2O/c1-15-8-9-26(14-23(15)27)13-18-4-6-19(7-5-18)20-10-16(2)17(3)21(11-20)22(25)12-24;1-5-2-3-6(4-11-5)7(8,9)10;2*1-2/h4-7,10-11,15,23,25,27H,8-9,13-14H2,1-3H3;2-4H,1H3;2*1H2. The monoisotopic (exact) mass is 582 g/mol. The van der Waals surface area contributed by atoms with E-state index in [1.165, 1.54) is 11.6 Å². The predicted octanol–water partition coefficient (Wildman–Crippen LogP) is 6.10. The molecule has 0 amide bonds. The molecule has 1 saturated heterocycles. The number of likely N-dealkylation sites (tertiary alicyclic amines) is 1. The van der Waals surface area contributed by atoms with Crippen molar-refractivity contribution < 1.29 is 27.9 Å². The molecule has 2 atom stereocenters. The molecule has 1 aliphatic rings. The van der Waals surface area contributed by atoms with Gasteiger partial charge < -0.3 is 14.7 Å². The van der Waals surface area contributed by atoms with Gasteiger partial charge in [0.05, 0.1) is 11.7 Å². The summed E-state index contributed by atoms with van der Waals surface area (Å²) in [4.78, 5) is 21.8. The lowest BCUT2D eigenvalue weighted by Crippen LogP contribution is -2.42. The average molecular weight is 583 g/mol. The van der Waals surface area contributed by atoms with Crippen molar-refractivity contribution in [3.63, 3.8) is 0 Å². The molecular formula is C32H37F3N4O3. The Morgan fingerprint density at radius 1 is 1.07 bits per heavy atom. The Labute approximate surface area is 245 Å². The van der Waals surface area contributed by atoms with Gasteiger partial charge in [-0.25, -0.2) is 0 Å². The molecule has 0 spiro atoms. The first kappa shape index (κ1) is 35.8. The summed E-state index contributed by atoms with van der Waals surface area (Å²) in [5.41, 5.74) is 6.00. The zero-order valence-electron chi connectivity index (χ0n) is 24.3. The van der Waals surface area contributed by atoms with Gasteiger partial charge in [0.15, 0.2) is 0 Å². The normalized spacial score (nSPS) is 16.3. The van der Waals surface area contributed by atoms with Crippen LogP contribution in [-0.4, -0.2) is 53.5 Å². The average Bonchev–Trinajstić information content (AvgIpc) is 2.98. The van der Waals surface area contributed by atoms with Crippen LogP contribution in [0.4, 0.5) is 13.2 Å². The number of carbonyl (C=O) groups is 2. The van der Waals surface area contributed by atoms with Gasteiger partial charge in [0.25, 0.3) is 0 Å². The van der Waals surface area contributed by atoms with Crippen LogP contribution in [-0.2, 0) is 22.3 Å². The maximum atomic E-state index is 11.9. The van der Waals surface area contributed by atoms with Crippen LogP contribution in [0.15, 0.2) is 54.7 Å². The van der Waals surface area contributed by atoms with Gasteiger partial charge in [-0.2, -0.15) is 18.4 Å². The minimum absolute atomic E-state index is 0.00644. The maximum Gasteiger partial charge on any atom is 0.417 e. The van der Waals surface area contributed by atoms with Gasteiger partial charge in [-0.3, -0.25) is 15.3 Å². The van der Waals surface area contributed by atoms with Crippen LogP contribution in [0.2, 0.25) is 0 Å². The Bertz CT molecular complexity index is 1340. The van der Waals surface area contributed by atoms with E-state index in [0.29, 0.717) is 17.2 Å². The summed E-state index contributed by atoms with van der Waals surface area (Å²) >= 11 is 0. The number of piperidine rings is 1. The number of benzene rings is 2. The number of nitrogens with one attached hydrogen (secondary N) is 1. The van der Waals surface area contributed by atoms with Crippen LogP contribution in [0.5, 0.6) is 0 Å². The topological polar surface area (TPSA) is 118 Å². The number of nitrogens with zero attached hydrogens (tertiary/aromatic N) is 3. The van der Waals surface area contributed by atoms with E-state index in [-0.39, 0.29) is 11.8 Å². The number of aryl methyl sites for hydroxylation is 2. The van der Waals surface area contributed by atoms with Crippen LogP contribution in [0.25, 0.3) is 11.1 Å².